The summed E-state index contributed by atoms with van der Waals surface area (Å²) in [7, 11) is 0. The standard InChI is InChI=1S/C16H19N5S/c1-12-11-21-16(17-12)22-15(19-21)18-13-5-7-14(8-6-13)20-9-3-2-4-10-20/h5-8,11H,2-4,9-10H2,1H3,(H,18,19). The first-order chi connectivity index (χ1) is 10.8. The number of imidazole rings is 1. The number of anilines is 3. The van der Waals surface area contributed by atoms with Gasteiger partial charge in [0.15, 0.2) is 0 Å². The van der Waals surface area contributed by atoms with Crippen LogP contribution in [-0.4, -0.2) is 27.7 Å². The number of aryl methyl sites for hydroxylation is 1. The van der Waals surface area contributed by atoms with Gasteiger partial charge in [0.2, 0.25) is 10.1 Å². The molecule has 1 aliphatic heterocycles. The number of nitrogens with zero attached hydrogens (tertiary/aromatic N) is 4. The Morgan fingerprint density at radius 2 is 1.86 bits per heavy atom. The molecule has 2 aromatic heterocycles. The van der Waals surface area contributed by atoms with Gasteiger partial charge in [-0.15, -0.1) is 5.10 Å². The van der Waals surface area contributed by atoms with Crippen LogP contribution in [0.1, 0.15) is 25.0 Å². The van der Waals surface area contributed by atoms with Crippen molar-refractivity contribution in [2.24, 2.45) is 0 Å². The molecular formula is C16H19N5S. The Morgan fingerprint density at radius 1 is 1.09 bits per heavy atom. The second kappa shape index (κ2) is 5.61. The number of hydrogen-bond donors (Lipinski definition) is 1. The predicted molar refractivity (Wildman–Crippen MR) is 91.4 cm³/mol. The molecule has 0 unspecified atom stereocenters. The van der Waals surface area contributed by atoms with Crippen molar-refractivity contribution in [2.45, 2.75) is 26.2 Å². The highest BCUT2D eigenvalue weighted by Gasteiger charge is 2.11. The third-order valence-electron chi connectivity index (χ3n) is 4.00. The number of fused-ring (bicyclic) bond motifs is 1. The Hall–Kier alpha value is -2.08. The van der Waals surface area contributed by atoms with E-state index in [1.165, 1.54) is 38.0 Å². The van der Waals surface area contributed by atoms with Gasteiger partial charge in [-0.3, -0.25) is 0 Å². The zero-order valence-electron chi connectivity index (χ0n) is 12.6. The van der Waals surface area contributed by atoms with E-state index in [1.54, 1.807) is 11.3 Å². The third kappa shape index (κ3) is 2.66. The smallest absolute Gasteiger partial charge is 0.214 e. The average Bonchev–Trinajstić information content (AvgIpc) is 3.05. The molecule has 1 N–H and O–H groups in total. The van der Waals surface area contributed by atoms with Crippen LogP contribution in [0.5, 0.6) is 0 Å². The minimum Gasteiger partial charge on any atom is -0.372 e. The minimum absolute atomic E-state index is 0.869. The van der Waals surface area contributed by atoms with Crippen LogP contribution >= 0.6 is 11.3 Å². The van der Waals surface area contributed by atoms with Crippen molar-refractivity contribution in [2.75, 3.05) is 23.3 Å². The molecule has 3 heterocycles. The number of nitrogens with one attached hydrogen (secondary N) is 1. The van der Waals surface area contributed by atoms with Crippen molar-refractivity contribution in [3.63, 3.8) is 0 Å². The van der Waals surface area contributed by atoms with Crippen LogP contribution in [0.4, 0.5) is 16.5 Å². The summed E-state index contributed by atoms with van der Waals surface area (Å²) in [4.78, 5) is 7.81. The lowest BCUT2D eigenvalue weighted by Crippen LogP contribution is -2.29. The van der Waals surface area contributed by atoms with Crippen LogP contribution < -0.4 is 10.2 Å². The van der Waals surface area contributed by atoms with E-state index < -0.39 is 0 Å². The highest BCUT2D eigenvalue weighted by molar-refractivity contribution is 7.20. The highest BCUT2D eigenvalue weighted by Crippen LogP contribution is 2.26. The lowest BCUT2D eigenvalue weighted by Gasteiger charge is -2.28. The number of aromatic nitrogens is 3. The van der Waals surface area contributed by atoms with Gasteiger partial charge in [0.05, 0.1) is 11.9 Å². The van der Waals surface area contributed by atoms with Gasteiger partial charge in [0.25, 0.3) is 0 Å². The van der Waals surface area contributed by atoms with E-state index in [9.17, 15) is 0 Å². The third-order valence-corrected chi connectivity index (χ3v) is 4.84. The molecule has 114 valence electrons. The Balaban J connectivity index is 1.49. The molecule has 1 aromatic carbocycles. The molecule has 3 aromatic rings. The van der Waals surface area contributed by atoms with Crippen LogP contribution in [0.25, 0.3) is 4.96 Å². The largest absolute Gasteiger partial charge is 0.372 e. The molecule has 6 heteroatoms. The van der Waals surface area contributed by atoms with E-state index in [0.717, 1.165) is 21.5 Å². The molecule has 22 heavy (non-hydrogen) atoms. The molecule has 5 nitrogen and oxygen atoms in total. The van der Waals surface area contributed by atoms with Gasteiger partial charge in [-0.2, -0.15) is 0 Å². The number of benzene rings is 1. The maximum atomic E-state index is 4.49. The molecule has 0 spiro atoms. The van der Waals surface area contributed by atoms with Gasteiger partial charge in [-0.25, -0.2) is 9.50 Å². The van der Waals surface area contributed by atoms with Gasteiger partial charge in [0, 0.05) is 24.5 Å². The van der Waals surface area contributed by atoms with E-state index in [0.29, 0.717) is 0 Å². The minimum atomic E-state index is 0.869. The van der Waals surface area contributed by atoms with Crippen LogP contribution in [0.3, 0.4) is 0 Å². The summed E-state index contributed by atoms with van der Waals surface area (Å²) in [5.41, 5.74) is 3.38. The van der Waals surface area contributed by atoms with Gasteiger partial charge in [-0.1, -0.05) is 11.3 Å². The lowest BCUT2D eigenvalue weighted by atomic mass is 10.1. The first-order valence-electron chi connectivity index (χ1n) is 7.73. The van der Waals surface area contributed by atoms with Crippen molar-refractivity contribution < 1.29 is 0 Å². The second-order valence-electron chi connectivity index (χ2n) is 5.74. The molecule has 1 fully saturated rings. The molecular weight excluding hydrogens is 294 g/mol. The Bertz CT molecular complexity index is 736. The molecule has 1 saturated heterocycles. The zero-order chi connectivity index (χ0) is 14.9. The van der Waals surface area contributed by atoms with Crippen LogP contribution in [0.15, 0.2) is 30.5 Å². The first-order valence-corrected chi connectivity index (χ1v) is 8.54. The SMILES string of the molecule is Cc1cn2nc(Nc3ccc(N4CCCCC4)cc3)sc2n1. The summed E-state index contributed by atoms with van der Waals surface area (Å²) >= 11 is 1.56. The quantitative estimate of drug-likeness (QED) is 0.798. The topological polar surface area (TPSA) is 45.5 Å². The summed E-state index contributed by atoms with van der Waals surface area (Å²) in [6.07, 6.45) is 5.91. The van der Waals surface area contributed by atoms with Gasteiger partial charge < -0.3 is 10.2 Å². The molecule has 0 amide bonds. The van der Waals surface area contributed by atoms with Gasteiger partial charge >= 0.3 is 0 Å². The Labute approximate surface area is 133 Å². The summed E-state index contributed by atoms with van der Waals surface area (Å²) in [5.74, 6) is 0. The molecule has 0 aliphatic carbocycles. The van der Waals surface area contributed by atoms with Gasteiger partial charge in [-0.05, 0) is 50.5 Å². The summed E-state index contributed by atoms with van der Waals surface area (Å²) in [5, 5.41) is 8.72. The van der Waals surface area contributed by atoms with Crippen molar-refractivity contribution in [3.8, 4) is 0 Å². The predicted octanol–water partition coefficient (Wildman–Crippen LogP) is 3.83. The zero-order valence-corrected chi connectivity index (χ0v) is 13.4. The van der Waals surface area contributed by atoms with E-state index in [4.69, 9.17) is 0 Å². The van der Waals surface area contributed by atoms with Crippen molar-refractivity contribution in [3.05, 3.63) is 36.2 Å². The summed E-state index contributed by atoms with van der Waals surface area (Å²) < 4.78 is 1.82. The summed E-state index contributed by atoms with van der Waals surface area (Å²) in [6.45, 7) is 4.33. The monoisotopic (exact) mass is 313 g/mol. The first kappa shape index (κ1) is 13.6. The molecule has 4 rings (SSSR count). The molecule has 1 aliphatic rings. The number of rotatable bonds is 3. The van der Waals surface area contributed by atoms with E-state index in [1.807, 2.05) is 17.6 Å². The fourth-order valence-corrected chi connectivity index (χ4v) is 3.74. The Kier molecular flexibility index (Phi) is 3.46. The van der Waals surface area contributed by atoms with E-state index in [2.05, 4.69) is 44.6 Å². The van der Waals surface area contributed by atoms with E-state index in [-0.39, 0.29) is 0 Å². The molecule has 0 radical (unpaired) electrons. The fourth-order valence-electron chi connectivity index (χ4n) is 2.89. The number of hydrogen-bond acceptors (Lipinski definition) is 5. The lowest BCUT2D eigenvalue weighted by molar-refractivity contribution is 0.578. The number of piperidine rings is 1. The van der Waals surface area contributed by atoms with Crippen LogP contribution in [-0.2, 0) is 0 Å². The normalized spacial score (nSPS) is 15.4. The fraction of sp³-hybridized carbons (Fsp3) is 0.375. The maximum absolute atomic E-state index is 4.49. The van der Waals surface area contributed by atoms with Crippen molar-refractivity contribution in [1.82, 2.24) is 14.6 Å². The highest BCUT2D eigenvalue weighted by atomic mass is 32.1. The van der Waals surface area contributed by atoms with Crippen molar-refractivity contribution >= 4 is 32.8 Å². The van der Waals surface area contributed by atoms with E-state index >= 15 is 0 Å². The summed E-state index contributed by atoms with van der Waals surface area (Å²) in [6, 6.07) is 8.63. The maximum Gasteiger partial charge on any atom is 0.214 e. The van der Waals surface area contributed by atoms with Crippen LogP contribution in [0.2, 0.25) is 0 Å². The average molecular weight is 313 g/mol. The van der Waals surface area contributed by atoms with Crippen LogP contribution in [0, 0.1) is 6.92 Å². The van der Waals surface area contributed by atoms with Crippen molar-refractivity contribution in [1.29, 1.82) is 0 Å². The van der Waals surface area contributed by atoms with Gasteiger partial charge in [0.1, 0.15) is 0 Å². The second-order valence-corrected chi connectivity index (χ2v) is 6.69. The molecule has 0 saturated carbocycles. The molecule has 0 atom stereocenters. The Morgan fingerprint density at radius 3 is 2.59 bits per heavy atom. The molecule has 0 bridgehead atoms.